The van der Waals surface area contributed by atoms with Gasteiger partial charge in [-0.2, -0.15) is 0 Å². The molecule has 0 aliphatic heterocycles. The van der Waals surface area contributed by atoms with Gasteiger partial charge >= 0.3 is 0 Å². The van der Waals surface area contributed by atoms with E-state index in [0.29, 0.717) is 18.3 Å². The van der Waals surface area contributed by atoms with Crippen molar-refractivity contribution in [3.05, 3.63) is 23.8 Å². The number of aromatic hydroxyl groups is 2. The molecule has 0 aliphatic carbocycles. The monoisotopic (exact) mass is 195 g/mol. The van der Waals surface area contributed by atoms with E-state index in [9.17, 15) is 9.90 Å². The summed E-state index contributed by atoms with van der Waals surface area (Å²) in [4.78, 5) is 10.5. The van der Waals surface area contributed by atoms with Crippen LogP contribution in [0.2, 0.25) is 0 Å². The first-order valence-electron chi connectivity index (χ1n) is 4.21. The first-order valence-corrected chi connectivity index (χ1v) is 4.21. The van der Waals surface area contributed by atoms with E-state index in [-0.39, 0.29) is 11.5 Å². The van der Waals surface area contributed by atoms with Crippen molar-refractivity contribution in [2.75, 3.05) is 0 Å². The third-order valence-corrected chi connectivity index (χ3v) is 1.89. The van der Waals surface area contributed by atoms with Crippen molar-refractivity contribution < 1.29 is 15.0 Å². The third-order valence-electron chi connectivity index (χ3n) is 1.89. The van der Waals surface area contributed by atoms with Crippen LogP contribution in [0.1, 0.15) is 12.5 Å². The van der Waals surface area contributed by atoms with Crippen LogP contribution in [0.5, 0.6) is 11.5 Å². The van der Waals surface area contributed by atoms with Crippen LogP contribution in [-0.2, 0) is 11.2 Å². The molecule has 1 atom stereocenters. The molecule has 1 aromatic carbocycles. The summed E-state index contributed by atoms with van der Waals surface area (Å²) in [7, 11) is 0. The molecule has 0 aliphatic rings. The Balaban J connectivity index is 2.88. The van der Waals surface area contributed by atoms with E-state index in [1.54, 1.807) is 13.0 Å². The molecule has 0 radical (unpaired) electrons. The zero-order valence-electron chi connectivity index (χ0n) is 7.90. The Bertz CT molecular complexity index is 347. The summed E-state index contributed by atoms with van der Waals surface area (Å²) in [6.07, 6.45) is 0.987. The topological polar surface area (TPSA) is 83.6 Å². The summed E-state index contributed by atoms with van der Waals surface area (Å²) in [5.41, 5.74) is 5.39. The van der Waals surface area contributed by atoms with Gasteiger partial charge in [0.1, 0.15) is 6.29 Å². The van der Waals surface area contributed by atoms with Gasteiger partial charge in [0.15, 0.2) is 11.5 Å². The fourth-order valence-electron chi connectivity index (χ4n) is 1.16. The van der Waals surface area contributed by atoms with Gasteiger partial charge in [0.25, 0.3) is 0 Å². The molecule has 0 amide bonds. The maximum Gasteiger partial charge on any atom is 0.157 e. The van der Waals surface area contributed by atoms with Crippen molar-refractivity contribution in [1.29, 1.82) is 0 Å². The third kappa shape index (κ3) is 2.47. The Kier molecular flexibility index (Phi) is 2.76. The molecule has 4 nitrogen and oxygen atoms in total. The average Bonchev–Trinajstić information content (AvgIpc) is 2.11. The maximum absolute atomic E-state index is 10.5. The Morgan fingerprint density at radius 3 is 2.57 bits per heavy atom. The molecule has 4 heteroatoms. The highest BCUT2D eigenvalue weighted by atomic mass is 16.3. The van der Waals surface area contributed by atoms with Crippen LogP contribution in [0.15, 0.2) is 18.2 Å². The number of phenols is 2. The van der Waals surface area contributed by atoms with Crippen molar-refractivity contribution in [2.24, 2.45) is 5.73 Å². The highest BCUT2D eigenvalue weighted by Gasteiger charge is 2.18. The normalized spacial score (nSPS) is 14.7. The van der Waals surface area contributed by atoms with Gasteiger partial charge in [-0.1, -0.05) is 6.07 Å². The Hall–Kier alpha value is -1.55. The highest BCUT2D eigenvalue weighted by molar-refractivity contribution is 5.64. The summed E-state index contributed by atoms with van der Waals surface area (Å²) in [6.45, 7) is 1.60. The number of hydrogen-bond acceptors (Lipinski definition) is 4. The fraction of sp³-hybridized carbons (Fsp3) is 0.300. The summed E-state index contributed by atoms with van der Waals surface area (Å²) in [5.74, 6) is -0.386. The molecule has 14 heavy (non-hydrogen) atoms. The van der Waals surface area contributed by atoms with Crippen molar-refractivity contribution in [2.45, 2.75) is 18.9 Å². The lowest BCUT2D eigenvalue weighted by Crippen LogP contribution is -2.40. The van der Waals surface area contributed by atoms with E-state index < -0.39 is 5.54 Å². The van der Waals surface area contributed by atoms with Gasteiger partial charge in [-0.15, -0.1) is 0 Å². The fourth-order valence-corrected chi connectivity index (χ4v) is 1.16. The predicted octanol–water partition coefficient (Wildman–Crippen LogP) is 0.557. The van der Waals surface area contributed by atoms with Gasteiger partial charge < -0.3 is 20.7 Å². The second-order valence-corrected chi connectivity index (χ2v) is 3.62. The average molecular weight is 195 g/mol. The molecule has 0 aromatic heterocycles. The zero-order chi connectivity index (χ0) is 10.8. The van der Waals surface area contributed by atoms with E-state index in [0.717, 1.165) is 0 Å². The number of aldehydes is 1. The summed E-state index contributed by atoms with van der Waals surface area (Å²) in [5, 5.41) is 18.2. The molecule has 0 bridgehead atoms. The van der Waals surface area contributed by atoms with E-state index >= 15 is 0 Å². The number of nitrogens with two attached hydrogens (primary N) is 1. The molecule has 0 heterocycles. The molecule has 0 spiro atoms. The number of carbonyl (C=O) groups excluding carboxylic acids is 1. The molecular weight excluding hydrogens is 182 g/mol. The molecule has 1 rings (SSSR count). The van der Waals surface area contributed by atoms with Crippen molar-refractivity contribution in [1.82, 2.24) is 0 Å². The van der Waals surface area contributed by atoms with Gasteiger partial charge in [0.05, 0.1) is 5.54 Å². The number of benzene rings is 1. The van der Waals surface area contributed by atoms with Gasteiger partial charge in [-0.05, 0) is 31.0 Å². The SMILES string of the molecule is CC(N)(C=O)Cc1ccc(O)c(O)c1. The van der Waals surface area contributed by atoms with Gasteiger partial charge in [-0.3, -0.25) is 0 Å². The Morgan fingerprint density at radius 1 is 1.43 bits per heavy atom. The lowest BCUT2D eigenvalue weighted by molar-refractivity contribution is -0.111. The van der Waals surface area contributed by atoms with Crippen molar-refractivity contribution >= 4 is 6.29 Å². The summed E-state index contributed by atoms with van der Waals surface area (Å²) < 4.78 is 0. The number of hydrogen-bond donors (Lipinski definition) is 3. The number of rotatable bonds is 3. The zero-order valence-corrected chi connectivity index (χ0v) is 7.90. The van der Waals surface area contributed by atoms with Crippen LogP contribution in [0, 0.1) is 0 Å². The van der Waals surface area contributed by atoms with Gasteiger partial charge in [0, 0.05) is 0 Å². The van der Waals surface area contributed by atoms with E-state index in [1.165, 1.54) is 12.1 Å². The number of carbonyl (C=O) groups is 1. The first kappa shape index (κ1) is 10.5. The minimum atomic E-state index is -0.941. The van der Waals surface area contributed by atoms with E-state index in [1.807, 2.05) is 0 Å². The highest BCUT2D eigenvalue weighted by Crippen LogP contribution is 2.25. The van der Waals surface area contributed by atoms with Crippen LogP contribution < -0.4 is 5.73 Å². The minimum absolute atomic E-state index is 0.182. The standard InChI is InChI=1S/C10H13NO3/c1-10(11,6-12)5-7-2-3-8(13)9(14)4-7/h2-4,6,13-14H,5,11H2,1H3. The molecule has 4 N–H and O–H groups in total. The second kappa shape index (κ2) is 3.67. The number of phenolic OH excluding ortho intramolecular Hbond substituents is 2. The first-order chi connectivity index (χ1) is 6.44. The Labute approximate surface area is 82.0 Å². The van der Waals surface area contributed by atoms with Crippen molar-refractivity contribution in [3.63, 3.8) is 0 Å². The lowest BCUT2D eigenvalue weighted by atomic mass is 9.95. The molecule has 0 saturated carbocycles. The second-order valence-electron chi connectivity index (χ2n) is 3.62. The smallest absolute Gasteiger partial charge is 0.157 e. The summed E-state index contributed by atoms with van der Waals surface area (Å²) in [6, 6.07) is 4.37. The molecule has 0 fully saturated rings. The van der Waals surface area contributed by atoms with Crippen molar-refractivity contribution in [3.8, 4) is 11.5 Å². The van der Waals surface area contributed by atoms with Crippen LogP contribution >= 0.6 is 0 Å². The van der Waals surface area contributed by atoms with E-state index in [4.69, 9.17) is 10.8 Å². The lowest BCUT2D eigenvalue weighted by Gasteiger charge is -2.16. The molecular formula is C10H13NO3. The van der Waals surface area contributed by atoms with Crippen LogP contribution in [0.3, 0.4) is 0 Å². The van der Waals surface area contributed by atoms with Crippen LogP contribution in [0.25, 0.3) is 0 Å². The van der Waals surface area contributed by atoms with Gasteiger partial charge in [-0.25, -0.2) is 0 Å². The maximum atomic E-state index is 10.5. The van der Waals surface area contributed by atoms with Crippen LogP contribution in [0.4, 0.5) is 0 Å². The van der Waals surface area contributed by atoms with E-state index in [2.05, 4.69) is 0 Å². The quantitative estimate of drug-likeness (QED) is 0.486. The van der Waals surface area contributed by atoms with Gasteiger partial charge in [0.2, 0.25) is 0 Å². The minimum Gasteiger partial charge on any atom is -0.504 e. The predicted molar refractivity (Wildman–Crippen MR) is 52.1 cm³/mol. The molecule has 1 aromatic rings. The largest absolute Gasteiger partial charge is 0.504 e. The molecule has 76 valence electrons. The molecule has 0 saturated heterocycles. The molecule has 1 unspecified atom stereocenters. The van der Waals surface area contributed by atoms with Crippen LogP contribution in [-0.4, -0.2) is 22.0 Å². The summed E-state index contributed by atoms with van der Waals surface area (Å²) >= 11 is 0. The Morgan fingerprint density at radius 2 is 2.07 bits per heavy atom.